The highest BCUT2D eigenvalue weighted by Gasteiger charge is 2.27. The number of hydrogen-bond donors (Lipinski definition) is 1. The molecule has 2 rings (SSSR count). The molecule has 0 saturated heterocycles. The molecule has 0 radical (unpaired) electrons. The van der Waals surface area contributed by atoms with E-state index in [0.29, 0.717) is 30.5 Å². The van der Waals surface area contributed by atoms with Gasteiger partial charge >= 0.3 is 0 Å². The zero-order valence-electron chi connectivity index (χ0n) is 10.8. The maximum atomic E-state index is 12.9. The zero-order valence-corrected chi connectivity index (χ0v) is 13.1. The van der Waals surface area contributed by atoms with Gasteiger partial charge in [-0.05, 0) is 37.0 Å². The van der Waals surface area contributed by atoms with E-state index in [1.54, 1.807) is 0 Å². The van der Waals surface area contributed by atoms with Gasteiger partial charge in [0.1, 0.15) is 11.6 Å². The molecule has 1 fully saturated rings. The molecule has 0 bridgehead atoms. The van der Waals surface area contributed by atoms with Gasteiger partial charge in [-0.15, -0.1) is 24.0 Å². The fourth-order valence-corrected chi connectivity index (χ4v) is 1.82. The Bertz CT molecular complexity index is 441. The summed E-state index contributed by atoms with van der Waals surface area (Å²) in [6.07, 6.45) is 2.79. The Balaban J connectivity index is 0.00000180. The van der Waals surface area contributed by atoms with Gasteiger partial charge < -0.3 is 10.6 Å². The molecule has 0 aliphatic heterocycles. The van der Waals surface area contributed by atoms with Crippen LogP contribution in [-0.4, -0.2) is 30.5 Å². The molecule has 106 valence electrons. The minimum absolute atomic E-state index is 0. The van der Waals surface area contributed by atoms with E-state index in [1.165, 1.54) is 12.1 Å². The average Bonchev–Trinajstić information content (AvgIpc) is 3.10. The Kier molecular flexibility index (Phi) is 5.96. The van der Waals surface area contributed by atoms with E-state index in [2.05, 4.69) is 4.99 Å². The monoisotopic (exact) mass is 381 g/mol. The number of rotatable bonds is 4. The van der Waals surface area contributed by atoms with Crippen molar-refractivity contribution in [2.45, 2.75) is 25.3 Å². The molecule has 0 amide bonds. The lowest BCUT2D eigenvalue weighted by Crippen LogP contribution is -2.35. The molecule has 0 unspecified atom stereocenters. The first kappa shape index (κ1) is 16.1. The first-order valence-electron chi connectivity index (χ1n) is 6.04. The van der Waals surface area contributed by atoms with E-state index >= 15 is 0 Å². The van der Waals surface area contributed by atoms with Crippen LogP contribution in [0.3, 0.4) is 0 Å². The van der Waals surface area contributed by atoms with Gasteiger partial charge in [0.15, 0.2) is 5.96 Å². The highest BCUT2D eigenvalue weighted by atomic mass is 127. The standard InChI is InChI=1S/C13H17F2N3.HI/c1-18(12-2-3-12)13(16)17-5-4-9-6-10(14)8-11(15)7-9;/h6-8,12H,2-5H2,1H3,(H2,16,17);1H. The summed E-state index contributed by atoms with van der Waals surface area (Å²) in [6, 6.07) is 4.02. The molecule has 1 aromatic carbocycles. The lowest BCUT2D eigenvalue weighted by molar-refractivity contribution is 0.487. The van der Waals surface area contributed by atoms with Crippen LogP contribution in [0.15, 0.2) is 23.2 Å². The van der Waals surface area contributed by atoms with Crippen molar-refractivity contribution in [2.75, 3.05) is 13.6 Å². The molecule has 1 saturated carbocycles. The first-order valence-corrected chi connectivity index (χ1v) is 6.04. The fourth-order valence-electron chi connectivity index (χ4n) is 1.82. The Hall–Kier alpha value is -0.920. The van der Waals surface area contributed by atoms with Crippen molar-refractivity contribution in [3.05, 3.63) is 35.4 Å². The van der Waals surface area contributed by atoms with Gasteiger partial charge in [0.2, 0.25) is 0 Å². The third kappa shape index (κ3) is 4.93. The van der Waals surface area contributed by atoms with Crippen LogP contribution in [0.1, 0.15) is 18.4 Å². The summed E-state index contributed by atoms with van der Waals surface area (Å²) < 4.78 is 25.9. The van der Waals surface area contributed by atoms with Crippen LogP contribution in [0.25, 0.3) is 0 Å². The highest BCUT2D eigenvalue weighted by molar-refractivity contribution is 14.0. The third-order valence-corrected chi connectivity index (χ3v) is 3.05. The molecular weight excluding hydrogens is 363 g/mol. The Labute approximate surface area is 128 Å². The molecule has 0 spiro atoms. The van der Waals surface area contributed by atoms with Crippen LogP contribution in [0, 0.1) is 11.6 Å². The lowest BCUT2D eigenvalue weighted by atomic mass is 10.1. The quantitative estimate of drug-likeness (QED) is 0.495. The van der Waals surface area contributed by atoms with Gasteiger partial charge in [-0.3, -0.25) is 4.99 Å². The second-order valence-electron chi connectivity index (χ2n) is 4.61. The number of hydrogen-bond acceptors (Lipinski definition) is 1. The smallest absolute Gasteiger partial charge is 0.191 e. The summed E-state index contributed by atoms with van der Waals surface area (Å²) in [5.74, 6) is -0.622. The number of nitrogens with two attached hydrogens (primary N) is 1. The summed E-state index contributed by atoms with van der Waals surface area (Å²) in [6.45, 7) is 0.436. The predicted molar refractivity (Wildman–Crippen MR) is 82.8 cm³/mol. The normalized spacial score (nSPS) is 15.0. The largest absolute Gasteiger partial charge is 0.370 e. The van der Waals surface area contributed by atoms with Gasteiger partial charge in [0, 0.05) is 25.7 Å². The minimum atomic E-state index is -0.558. The van der Waals surface area contributed by atoms with Crippen molar-refractivity contribution >= 4 is 29.9 Å². The SMILES string of the molecule is CN(C(N)=NCCc1cc(F)cc(F)c1)C1CC1.I. The Morgan fingerprint density at radius 1 is 1.32 bits per heavy atom. The minimum Gasteiger partial charge on any atom is -0.370 e. The second-order valence-corrected chi connectivity index (χ2v) is 4.61. The number of halogens is 3. The third-order valence-electron chi connectivity index (χ3n) is 3.05. The molecule has 0 aromatic heterocycles. The summed E-state index contributed by atoms with van der Waals surface area (Å²) in [7, 11) is 1.92. The molecule has 0 atom stereocenters. The molecular formula is C13H18F2IN3. The zero-order chi connectivity index (χ0) is 13.1. The van der Waals surface area contributed by atoms with E-state index in [1.807, 2.05) is 11.9 Å². The maximum Gasteiger partial charge on any atom is 0.191 e. The number of aliphatic imine (C=N–C) groups is 1. The van der Waals surface area contributed by atoms with Crippen molar-refractivity contribution in [3.63, 3.8) is 0 Å². The van der Waals surface area contributed by atoms with Gasteiger partial charge in [-0.1, -0.05) is 0 Å². The maximum absolute atomic E-state index is 12.9. The van der Waals surface area contributed by atoms with Crippen LogP contribution in [0.2, 0.25) is 0 Å². The van der Waals surface area contributed by atoms with Gasteiger partial charge in [-0.25, -0.2) is 8.78 Å². The summed E-state index contributed by atoms with van der Waals surface area (Å²) >= 11 is 0. The molecule has 6 heteroatoms. The van der Waals surface area contributed by atoms with Crippen molar-refractivity contribution in [2.24, 2.45) is 10.7 Å². The number of nitrogens with zero attached hydrogens (tertiary/aromatic N) is 2. The topological polar surface area (TPSA) is 41.6 Å². The van der Waals surface area contributed by atoms with E-state index in [9.17, 15) is 8.78 Å². The Morgan fingerprint density at radius 3 is 2.42 bits per heavy atom. The highest BCUT2D eigenvalue weighted by Crippen LogP contribution is 2.24. The van der Waals surface area contributed by atoms with Crippen molar-refractivity contribution in [1.82, 2.24) is 4.90 Å². The van der Waals surface area contributed by atoms with Crippen LogP contribution >= 0.6 is 24.0 Å². The van der Waals surface area contributed by atoms with E-state index < -0.39 is 11.6 Å². The number of benzene rings is 1. The number of guanidine groups is 1. The fraction of sp³-hybridized carbons (Fsp3) is 0.462. The predicted octanol–water partition coefficient (Wildman–Crippen LogP) is 2.53. The molecule has 3 nitrogen and oxygen atoms in total. The molecule has 2 N–H and O–H groups in total. The van der Waals surface area contributed by atoms with E-state index in [-0.39, 0.29) is 24.0 Å². The molecule has 19 heavy (non-hydrogen) atoms. The summed E-state index contributed by atoms with van der Waals surface area (Å²) in [4.78, 5) is 6.17. The molecule has 1 aromatic rings. The summed E-state index contributed by atoms with van der Waals surface area (Å²) in [5.41, 5.74) is 6.41. The van der Waals surface area contributed by atoms with Crippen LogP contribution in [0.5, 0.6) is 0 Å². The molecule has 0 heterocycles. The van der Waals surface area contributed by atoms with Gasteiger partial charge in [-0.2, -0.15) is 0 Å². The van der Waals surface area contributed by atoms with Crippen molar-refractivity contribution < 1.29 is 8.78 Å². The molecule has 1 aliphatic rings. The van der Waals surface area contributed by atoms with Gasteiger partial charge in [0.05, 0.1) is 0 Å². The van der Waals surface area contributed by atoms with Crippen molar-refractivity contribution in [1.29, 1.82) is 0 Å². The van der Waals surface area contributed by atoms with Gasteiger partial charge in [0.25, 0.3) is 0 Å². The average molecular weight is 381 g/mol. The molecule has 1 aliphatic carbocycles. The van der Waals surface area contributed by atoms with E-state index in [4.69, 9.17) is 5.73 Å². The van der Waals surface area contributed by atoms with E-state index in [0.717, 1.165) is 18.9 Å². The lowest BCUT2D eigenvalue weighted by Gasteiger charge is -2.16. The first-order chi connectivity index (χ1) is 8.56. The van der Waals surface area contributed by atoms with Crippen molar-refractivity contribution in [3.8, 4) is 0 Å². The Morgan fingerprint density at radius 2 is 1.89 bits per heavy atom. The summed E-state index contributed by atoms with van der Waals surface area (Å²) in [5, 5.41) is 0. The van der Waals surface area contributed by atoms with Crippen LogP contribution < -0.4 is 5.73 Å². The van der Waals surface area contributed by atoms with Crippen LogP contribution in [-0.2, 0) is 6.42 Å². The van der Waals surface area contributed by atoms with Crippen LogP contribution in [0.4, 0.5) is 8.78 Å². The second kappa shape index (κ2) is 7.02.